The van der Waals surface area contributed by atoms with Crippen molar-refractivity contribution in [1.29, 1.82) is 0 Å². The fraction of sp³-hybridized carbons (Fsp3) is 1.00. The molecular weight excluding hydrogens is 279 g/mol. The molecule has 5 atom stereocenters. The third kappa shape index (κ3) is 2.97. The lowest BCUT2D eigenvalue weighted by molar-refractivity contribution is -0.168. The molecule has 2 aliphatic rings. The van der Waals surface area contributed by atoms with Crippen molar-refractivity contribution in [2.75, 3.05) is 19.9 Å². The SMILES string of the molecule is CC(C)OC[C@]12CO[C@@H](C1OP(C)(=O)C(C)C)[C@H](C)O2. The van der Waals surface area contributed by atoms with Crippen LogP contribution in [-0.4, -0.2) is 55.6 Å². The van der Waals surface area contributed by atoms with Crippen LogP contribution in [0.25, 0.3) is 0 Å². The summed E-state index contributed by atoms with van der Waals surface area (Å²) < 4.78 is 36.1. The van der Waals surface area contributed by atoms with Crippen LogP contribution in [0.2, 0.25) is 0 Å². The molecule has 2 rings (SSSR count). The summed E-state index contributed by atoms with van der Waals surface area (Å²) in [5.41, 5.74) is -0.629. The van der Waals surface area contributed by atoms with Crippen LogP contribution in [0.15, 0.2) is 0 Å². The average molecular weight is 306 g/mol. The standard InChI is InChI=1S/C14H27O5P/c1-9(2)16-7-14-8-17-12(11(5)18-14)13(14)19-20(6,15)10(3)4/h9-13H,7-8H2,1-6H3/t11-,12+,13?,14-,20?/m0/s1. The third-order valence-electron chi connectivity index (χ3n) is 4.14. The molecule has 2 heterocycles. The van der Waals surface area contributed by atoms with Gasteiger partial charge in [-0.15, -0.1) is 0 Å². The number of ether oxygens (including phenoxy) is 3. The summed E-state index contributed by atoms with van der Waals surface area (Å²) in [4.78, 5) is 0. The fourth-order valence-corrected chi connectivity index (χ4v) is 3.60. The van der Waals surface area contributed by atoms with Gasteiger partial charge in [0, 0.05) is 12.3 Å². The van der Waals surface area contributed by atoms with Gasteiger partial charge in [0.25, 0.3) is 0 Å². The zero-order valence-corrected chi connectivity index (χ0v) is 14.2. The lowest BCUT2D eigenvalue weighted by Gasteiger charge is -2.32. The van der Waals surface area contributed by atoms with Gasteiger partial charge >= 0.3 is 0 Å². The molecule has 0 radical (unpaired) electrons. The van der Waals surface area contributed by atoms with Crippen molar-refractivity contribution in [2.45, 2.75) is 70.3 Å². The first-order valence-corrected chi connectivity index (χ1v) is 9.49. The van der Waals surface area contributed by atoms with Gasteiger partial charge in [0.05, 0.1) is 25.4 Å². The maximum absolute atomic E-state index is 12.6. The monoisotopic (exact) mass is 306 g/mol. The normalized spacial score (nSPS) is 39.7. The van der Waals surface area contributed by atoms with Gasteiger partial charge in [-0.2, -0.15) is 0 Å². The zero-order valence-electron chi connectivity index (χ0n) is 13.3. The summed E-state index contributed by atoms with van der Waals surface area (Å²) in [6.07, 6.45) is -0.411. The van der Waals surface area contributed by atoms with Gasteiger partial charge in [0.15, 0.2) is 0 Å². The molecule has 2 saturated heterocycles. The van der Waals surface area contributed by atoms with Crippen molar-refractivity contribution in [3.8, 4) is 0 Å². The minimum atomic E-state index is -2.68. The van der Waals surface area contributed by atoms with Crippen LogP contribution < -0.4 is 0 Å². The van der Waals surface area contributed by atoms with Gasteiger partial charge in [-0.25, -0.2) is 0 Å². The van der Waals surface area contributed by atoms with Crippen LogP contribution in [-0.2, 0) is 23.3 Å². The maximum Gasteiger partial charge on any atom is 0.203 e. The van der Waals surface area contributed by atoms with Crippen LogP contribution in [0, 0.1) is 0 Å². The Kier molecular flexibility index (Phi) is 4.68. The summed E-state index contributed by atoms with van der Waals surface area (Å²) in [7, 11) is -2.68. The second-order valence-corrected chi connectivity index (χ2v) is 9.61. The van der Waals surface area contributed by atoms with E-state index >= 15 is 0 Å². The minimum Gasteiger partial charge on any atom is -0.376 e. The van der Waals surface area contributed by atoms with Crippen molar-refractivity contribution in [3.05, 3.63) is 0 Å². The van der Waals surface area contributed by atoms with Gasteiger partial charge in [-0.1, -0.05) is 13.8 Å². The molecule has 6 heteroatoms. The van der Waals surface area contributed by atoms with Gasteiger partial charge in [-0.3, -0.25) is 4.57 Å². The van der Waals surface area contributed by atoms with Crippen molar-refractivity contribution in [3.63, 3.8) is 0 Å². The molecule has 0 aromatic heterocycles. The van der Waals surface area contributed by atoms with Crippen LogP contribution in [0.3, 0.4) is 0 Å². The van der Waals surface area contributed by atoms with E-state index in [2.05, 4.69) is 0 Å². The lowest BCUT2D eigenvalue weighted by Crippen LogP contribution is -2.46. The van der Waals surface area contributed by atoms with Crippen LogP contribution in [0.5, 0.6) is 0 Å². The Morgan fingerprint density at radius 1 is 1.35 bits per heavy atom. The van der Waals surface area contributed by atoms with Crippen molar-refractivity contribution >= 4 is 7.37 Å². The van der Waals surface area contributed by atoms with Crippen molar-refractivity contribution < 1.29 is 23.3 Å². The Morgan fingerprint density at radius 3 is 2.50 bits per heavy atom. The van der Waals surface area contributed by atoms with Gasteiger partial charge in [0.1, 0.15) is 17.8 Å². The highest BCUT2D eigenvalue weighted by atomic mass is 31.2. The molecule has 2 fully saturated rings. The molecular formula is C14H27O5P. The smallest absolute Gasteiger partial charge is 0.203 e. The Labute approximate surface area is 121 Å². The number of fused-ring (bicyclic) bond motifs is 2. The maximum atomic E-state index is 12.6. The molecule has 0 saturated carbocycles. The van der Waals surface area contributed by atoms with E-state index in [0.29, 0.717) is 13.2 Å². The Morgan fingerprint density at radius 2 is 2.00 bits per heavy atom. The molecule has 20 heavy (non-hydrogen) atoms. The van der Waals surface area contributed by atoms with E-state index in [9.17, 15) is 4.57 Å². The van der Waals surface area contributed by atoms with E-state index in [1.807, 2.05) is 34.6 Å². The van der Waals surface area contributed by atoms with Crippen LogP contribution >= 0.6 is 7.37 Å². The largest absolute Gasteiger partial charge is 0.376 e. The summed E-state index contributed by atoms with van der Waals surface area (Å²) in [5, 5.41) is 0. The first-order chi connectivity index (χ1) is 9.18. The van der Waals surface area contributed by atoms with E-state index in [1.54, 1.807) is 6.66 Å². The summed E-state index contributed by atoms with van der Waals surface area (Å²) in [6, 6.07) is 0. The van der Waals surface area contributed by atoms with Crippen molar-refractivity contribution in [1.82, 2.24) is 0 Å². The van der Waals surface area contributed by atoms with Crippen LogP contribution in [0.4, 0.5) is 0 Å². The van der Waals surface area contributed by atoms with Crippen molar-refractivity contribution in [2.24, 2.45) is 0 Å². The molecule has 2 aliphatic heterocycles. The van der Waals surface area contributed by atoms with E-state index in [1.165, 1.54) is 0 Å². The Hall–Kier alpha value is 0.0700. The number of rotatable bonds is 6. The third-order valence-corrected chi connectivity index (χ3v) is 6.66. The molecule has 0 amide bonds. The molecule has 5 nitrogen and oxygen atoms in total. The van der Waals surface area contributed by atoms with E-state index in [0.717, 1.165) is 0 Å². The highest BCUT2D eigenvalue weighted by molar-refractivity contribution is 7.58. The Bertz CT molecular complexity index is 397. The topological polar surface area (TPSA) is 54.0 Å². The average Bonchev–Trinajstić information content (AvgIpc) is 2.77. The first-order valence-electron chi connectivity index (χ1n) is 7.34. The molecule has 0 spiro atoms. The number of hydrogen-bond acceptors (Lipinski definition) is 5. The molecule has 2 unspecified atom stereocenters. The fourth-order valence-electron chi connectivity index (χ4n) is 2.59. The van der Waals surface area contributed by atoms with Gasteiger partial charge < -0.3 is 18.7 Å². The minimum absolute atomic E-state index is 0.0131. The van der Waals surface area contributed by atoms with E-state index in [4.69, 9.17) is 18.7 Å². The van der Waals surface area contributed by atoms with E-state index in [-0.39, 0.29) is 30.1 Å². The Balaban J connectivity index is 2.15. The molecule has 0 aliphatic carbocycles. The second-order valence-electron chi connectivity index (χ2n) is 6.55. The summed E-state index contributed by atoms with van der Waals surface area (Å²) in [6.45, 7) is 12.3. The molecule has 2 bridgehead atoms. The quantitative estimate of drug-likeness (QED) is 0.706. The predicted molar refractivity (Wildman–Crippen MR) is 77.6 cm³/mol. The summed E-state index contributed by atoms with van der Waals surface area (Å²) >= 11 is 0. The van der Waals surface area contributed by atoms with Gasteiger partial charge in [0.2, 0.25) is 7.37 Å². The van der Waals surface area contributed by atoms with Gasteiger partial charge in [-0.05, 0) is 20.8 Å². The lowest BCUT2D eigenvalue weighted by atomic mass is 10.00. The molecule has 0 N–H and O–H groups in total. The molecule has 118 valence electrons. The molecule has 0 aromatic rings. The number of hydrogen-bond donors (Lipinski definition) is 0. The summed E-state index contributed by atoms with van der Waals surface area (Å²) in [5.74, 6) is 0. The highest BCUT2D eigenvalue weighted by Gasteiger charge is 2.62. The highest BCUT2D eigenvalue weighted by Crippen LogP contribution is 2.54. The second kappa shape index (κ2) is 5.69. The zero-order chi connectivity index (χ0) is 15.1. The molecule has 0 aromatic carbocycles. The predicted octanol–water partition coefficient (Wildman–Crippen LogP) is 2.67. The van der Waals surface area contributed by atoms with E-state index < -0.39 is 13.0 Å². The first kappa shape index (κ1) is 16.4. The van der Waals surface area contributed by atoms with Crippen LogP contribution in [0.1, 0.15) is 34.6 Å².